The Balaban J connectivity index is 0.000000541. The molecule has 2 aromatic rings. The van der Waals surface area contributed by atoms with E-state index in [9.17, 15) is 0 Å². The predicted octanol–water partition coefficient (Wildman–Crippen LogP) is 2.95. The first kappa shape index (κ1) is 18.4. The second kappa shape index (κ2) is 11.9. The standard InChI is InChI=1S/C16H20N2.C3H8O/c1-3-7-15(8-4-1)13-17-11-12-18-14-16-9-5-2-6-10-16;1-3(2)4/h1-10,17-18H,11-14H2;3-4H,1-2H3. The molecule has 0 unspecified atom stereocenters. The molecule has 3 N–H and O–H groups in total. The van der Waals surface area contributed by atoms with Crippen LogP contribution in [0.25, 0.3) is 0 Å². The Bertz CT molecular complexity index is 425. The number of hydrogen-bond acceptors (Lipinski definition) is 3. The summed E-state index contributed by atoms with van der Waals surface area (Å²) in [6.07, 6.45) is -0.167. The Morgan fingerprint density at radius 2 is 1.05 bits per heavy atom. The summed E-state index contributed by atoms with van der Waals surface area (Å²) in [6, 6.07) is 21.0. The molecule has 3 heteroatoms. The maximum absolute atomic E-state index is 8.06. The van der Waals surface area contributed by atoms with Gasteiger partial charge in [-0.1, -0.05) is 60.7 Å². The summed E-state index contributed by atoms with van der Waals surface area (Å²) in [5.41, 5.74) is 2.67. The fraction of sp³-hybridized carbons (Fsp3) is 0.368. The molecule has 2 aromatic carbocycles. The van der Waals surface area contributed by atoms with Crippen LogP contribution in [0.4, 0.5) is 0 Å². The zero-order chi connectivity index (χ0) is 16.0. The fourth-order valence-corrected chi connectivity index (χ4v) is 1.83. The van der Waals surface area contributed by atoms with Crippen LogP contribution >= 0.6 is 0 Å². The molecule has 0 aliphatic heterocycles. The van der Waals surface area contributed by atoms with E-state index in [0.29, 0.717) is 0 Å². The van der Waals surface area contributed by atoms with Crippen molar-refractivity contribution in [1.82, 2.24) is 10.6 Å². The van der Waals surface area contributed by atoms with Crippen LogP contribution in [0.5, 0.6) is 0 Å². The maximum Gasteiger partial charge on any atom is 0.0483 e. The van der Waals surface area contributed by atoms with Gasteiger partial charge >= 0.3 is 0 Å². The molecule has 0 bridgehead atoms. The van der Waals surface area contributed by atoms with E-state index in [1.165, 1.54) is 11.1 Å². The largest absolute Gasteiger partial charge is 0.394 e. The molecule has 0 aliphatic rings. The molecule has 2 rings (SSSR count). The molecular formula is C19H28N2O. The van der Waals surface area contributed by atoms with Gasteiger partial charge in [0.25, 0.3) is 0 Å². The Morgan fingerprint density at radius 1 is 0.727 bits per heavy atom. The van der Waals surface area contributed by atoms with Gasteiger partial charge in [0.15, 0.2) is 0 Å². The first-order chi connectivity index (χ1) is 10.7. The minimum Gasteiger partial charge on any atom is -0.394 e. The average Bonchev–Trinajstić information content (AvgIpc) is 2.52. The Labute approximate surface area is 134 Å². The molecule has 0 fully saturated rings. The number of rotatable bonds is 7. The van der Waals surface area contributed by atoms with E-state index < -0.39 is 0 Å². The van der Waals surface area contributed by atoms with Gasteiger partial charge in [-0.15, -0.1) is 0 Å². The SMILES string of the molecule is CC(C)O.c1ccc(CNCCNCc2ccccc2)cc1. The van der Waals surface area contributed by atoms with Crippen molar-refractivity contribution in [3.05, 3.63) is 71.8 Å². The highest BCUT2D eigenvalue weighted by molar-refractivity contribution is 5.15. The van der Waals surface area contributed by atoms with Crippen LogP contribution in [0.1, 0.15) is 25.0 Å². The van der Waals surface area contributed by atoms with Crippen molar-refractivity contribution in [3.63, 3.8) is 0 Å². The van der Waals surface area contributed by atoms with Crippen LogP contribution in [0.15, 0.2) is 60.7 Å². The first-order valence-electron chi connectivity index (χ1n) is 7.86. The van der Waals surface area contributed by atoms with Crippen molar-refractivity contribution in [2.75, 3.05) is 13.1 Å². The van der Waals surface area contributed by atoms with E-state index in [1.54, 1.807) is 13.8 Å². The van der Waals surface area contributed by atoms with Crippen LogP contribution < -0.4 is 10.6 Å². The minimum atomic E-state index is -0.167. The van der Waals surface area contributed by atoms with Gasteiger partial charge in [0.05, 0.1) is 0 Å². The van der Waals surface area contributed by atoms with Crippen molar-refractivity contribution >= 4 is 0 Å². The van der Waals surface area contributed by atoms with Crippen molar-refractivity contribution in [3.8, 4) is 0 Å². The normalized spacial score (nSPS) is 10.2. The maximum atomic E-state index is 8.06. The summed E-state index contributed by atoms with van der Waals surface area (Å²) < 4.78 is 0. The summed E-state index contributed by atoms with van der Waals surface area (Å²) in [6.45, 7) is 7.30. The van der Waals surface area contributed by atoms with Crippen LogP contribution in [-0.4, -0.2) is 24.3 Å². The molecule has 0 spiro atoms. The molecular weight excluding hydrogens is 272 g/mol. The lowest BCUT2D eigenvalue weighted by Gasteiger charge is -2.06. The molecule has 0 heterocycles. The molecule has 3 nitrogen and oxygen atoms in total. The number of aliphatic hydroxyl groups excluding tert-OH is 1. The van der Waals surface area contributed by atoms with Crippen molar-refractivity contribution in [2.45, 2.75) is 33.0 Å². The number of aliphatic hydroxyl groups is 1. The van der Waals surface area contributed by atoms with Crippen LogP contribution in [-0.2, 0) is 13.1 Å². The lowest BCUT2D eigenvalue weighted by atomic mass is 10.2. The summed E-state index contributed by atoms with van der Waals surface area (Å²) in [5.74, 6) is 0. The summed E-state index contributed by atoms with van der Waals surface area (Å²) >= 11 is 0. The lowest BCUT2D eigenvalue weighted by Crippen LogP contribution is -2.26. The van der Waals surface area contributed by atoms with Crippen molar-refractivity contribution < 1.29 is 5.11 Å². The van der Waals surface area contributed by atoms with Crippen LogP contribution in [0, 0.1) is 0 Å². The minimum absolute atomic E-state index is 0.167. The highest BCUT2D eigenvalue weighted by atomic mass is 16.3. The molecule has 0 radical (unpaired) electrons. The first-order valence-corrected chi connectivity index (χ1v) is 7.86. The summed E-state index contributed by atoms with van der Waals surface area (Å²) in [5, 5.41) is 14.9. The number of nitrogens with one attached hydrogen (secondary N) is 2. The van der Waals surface area contributed by atoms with Crippen LogP contribution in [0.3, 0.4) is 0 Å². The smallest absolute Gasteiger partial charge is 0.0483 e. The van der Waals surface area contributed by atoms with E-state index in [1.807, 2.05) is 12.1 Å². The van der Waals surface area contributed by atoms with Crippen molar-refractivity contribution in [1.29, 1.82) is 0 Å². The van der Waals surface area contributed by atoms with Gasteiger partial charge in [0.1, 0.15) is 0 Å². The zero-order valence-corrected chi connectivity index (χ0v) is 13.6. The molecule has 0 saturated carbocycles. The van der Waals surface area contributed by atoms with Gasteiger partial charge in [0, 0.05) is 32.3 Å². The fourth-order valence-electron chi connectivity index (χ4n) is 1.83. The topological polar surface area (TPSA) is 44.3 Å². The highest BCUT2D eigenvalue weighted by Gasteiger charge is 1.92. The average molecular weight is 300 g/mol. The zero-order valence-electron chi connectivity index (χ0n) is 13.6. The second-order valence-electron chi connectivity index (χ2n) is 5.42. The number of hydrogen-bond donors (Lipinski definition) is 3. The summed E-state index contributed by atoms with van der Waals surface area (Å²) in [7, 11) is 0. The quantitative estimate of drug-likeness (QED) is 0.689. The second-order valence-corrected chi connectivity index (χ2v) is 5.42. The molecule has 0 amide bonds. The highest BCUT2D eigenvalue weighted by Crippen LogP contribution is 1.97. The Hall–Kier alpha value is -1.68. The predicted molar refractivity (Wildman–Crippen MR) is 93.7 cm³/mol. The van der Waals surface area contributed by atoms with Crippen molar-refractivity contribution in [2.24, 2.45) is 0 Å². The Kier molecular flexibility index (Phi) is 9.96. The molecule has 120 valence electrons. The Morgan fingerprint density at radius 3 is 1.36 bits per heavy atom. The molecule has 0 atom stereocenters. The number of benzene rings is 2. The van der Waals surface area contributed by atoms with E-state index in [0.717, 1.165) is 26.2 Å². The van der Waals surface area contributed by atoms with Crippen LogP contribution in [0.2, 0.25) is 0 Å². The van der Waals surface area contributed by atoms with Gasteiger partial charge in [-0.3, -0.25) is 0 Å². The lowest BCUT2D eigenvalue weighted by molar-refractivity contribution is 0.216. The summed E-state index contributed by atoms with van der Waals surface area (Å²) in [4.78, 5) is 0. The third-order valence-corrected chi connectivity index (χ3v) is 2.82. The molecule has 0 aromatic heterocycles. The van der Waals surface area contributed by atoms with Gasteiger partial charge in [0.2, 0.25) is 0 Å². The third-order valence-electron chi connectivity index (χ3n) is 2.82. The van der Waals surface area contributed by atoms with Gasteiger partial charge in [-0.2, -0.15) is 0 Å². The van der Waals surface area contributed by atoms with E-state index >= 15 is 0 Å². The monoisotopic (exact) mass is 300 g/mol. The molecule has 22 heavy (non-hydrogen) atoms. The van der Waals surface area contributed by atoms with E-state index in [2.05, 4.69) is 59.2 Å². The van der Waals surface area contributed by atoms with E-state index in [4.69, 9.17) is 5.11 Å². The third kappa shape index (κ3) is 10.1. The van der Waals surface area contributed by atoms with Gasteiger partial charge in [-0.25, -0.2) is 0 Å². The van der Waals surface area contributed by atoms with Gasteiger partial charge < -0.3 is 15.7 Å². The van der Waals surface area contributed by atoms with E-state index in [-0.39, 0.29) is 6.10 Å². The molecule has 0 aliphatic carbocycles. The molecule has 0 saturated heterocycles. The van der Waals surface area contributed by atoms with Gasteiger partial charge in [-0.05, 0) is 25.0 Å².